The molecule has 5 rings (SSSR count). The number of hydrogen-bond acceptors (Lipinski definition) is 3. The topological polar surface area (TPSA) is 41.6 Å². The summed E-state index contributed by atoms with van der Waals surface area (Å²) in [4.78, 5) is 15.2. The number of piperidine rings is 1. The van der Waals surface area contributed by atoms with E-state index in [2.05, 4.69) is 31.1 Å². The normalized spacial score (nSPS) is 25.9. The van der Waals surface area contributed by atoms with Crippen LogP contribution in [0.4, 0.5) is 4.39 Å². The largest absolute Gasteiger partial charge is 0.490 e. The summed E-state index contributed by atoms with van der Waals surface area (Å²) >= 11 is 0. The highest BCUT2D eigenvalue weighted by Gasteiger charge is 2.54. The van der Waals surface area contributed by atoms with E-state index in [0.29, 0.717) is 12.1 Å². The Bertz CT molecular complexity index is 1190. The summed E-state index contributed by atoms with van der Waals surface area (Å²) in [7, 11) is 2.25. The van der Waals surface area contributed by atoms with E-state index in [1.54, 1.807) is 24.3 Å². The molecule has 3 aromatic carbocycles. The quantitative estimate of drug-likeness (QED) is 0.464. The first-order chi connectivity index (χ1) is 16.7. The molecule has 2 aliphatic heterocycles. The van der Waals surface area contributed by atoms with Gasteiger partial charge in [0.05, 0.1) is 0 Å². The van der Waals surface area contributed by atoms with Crippen LogP contribution in [0.1, 0.15) is 55.5 Å². The molecule has 4 nitrogen and oxygen atoms in total. The van der Waals surface area contributed by atoms with Crippen molar-refractivity contribution in [2.75, 3.05) is 7.05 Å². The van der Waals surface area contributed by atoms with Crippen molar-refractivity contribution in [3.05, 3.63) is 89.7 Å². The number of nitrogens with one attached hydrogen (secondary N) is 1. The van der Waals surface area contributed by atoms with Gasteiger partial charge in [0.2, 0.25) is 0 Å². The third-order valence-corrected chi connectivity index (χ3v) is 8.14. The van der Waals surface area contributed by atoms with E-state index >= 15 is 0 Å². The van der Waals surface area contributed by atoms with Crippen molar-refractivity contribution in [2.45, 2.75) is 63.3 Å². The maximum atomic E-state index is 13.2. The fraction of sp³-hybridized carbons (Fsp3) is 0.367. The van der Waals surface area contributed by atoms with E-state index in [1.165, 1.54) is 25.0 Å². The van der Waals surface area contributed by atoms with Crippen LogP contribution in [0.2, 0.25) is 0 Å². The minimum atomic E-state index is -0.263. The Morgan fingerprint density at radius 2 is 1.57 bits per heavy atom. The lowest BCUT2D eigenvalue weighted by Crippen LogP contribution is -2.57. The zero-order chi connectivity index (χ0) is 24.6. The fourth-order valence-corrected chi connectivity index (χ4v) is 5.80. The Kier molecular flexibility index (Phi) is 6.14. The molecular weight excluding hydrogens is 439 g/mol. The number of fused-ring (bicyclic) bond motifs is 2. The van der Waals surface area contributed by atoms with Crippen LogP contribution in [0, 0.1) is 5.82 Å². The van der Waals surface area contributed by atoms with Crippen molar-refractivity contribution >= 4 is 5.91 Å². The maximum Gasteiger partial charge on any atom is 0.251 e. The first-order valence-corrected chi connectivity index (χ1v) is 12.4. The first-order valence-electron chi connectivity index (χ1n) is 12.4. The molecule has 0 radical (unpaired) electrons. The van der Waals surface area contributed by atoms with Crippen LogP contribution in [0.5, 0.6) is 5.75 Å². The number of halogens is 1. The number of carbonyl (C=O) groups is 1. The Hall–Kier alpha value is -3.18. The summed E-state index contributed by atoms with van der Waals surface area (Å²) < 4.78 is 19.6. The highest BCUT2D eigenvalue weighted by atomic mass is 19.1. The molecule has 35 heavy (non-hydrogen) atoms. The van der Waals surface area contributed by atoms with Gasteiger partial charge in [-0.2, -0.15) is 0 Å². The first kappa shape index (κ1) is 23.6. The van der Waals surface area contributed by atoms with Crippen molar-refractivity contribution in [3.8, 4) is 16.9 Å². The number of rotatable bonds is 6. The van der Waals surface area contributed by atoms with Crippen molar-refractivity contribution in [3.63, 3.8) is 0 Å². The lowest BCUT2D eigenvalue weighted by Gasteiger charge is -2.49. The van der Waals surface area contributed by atoms with Gasteiger partial charge in [-0.05, 0) is 86.8 Å². The summed E-state index contributed by atoms with van der Waals surface area (Å²) in [5, 5.41) is 3.00. The van der Waals surface area contributed by atoms with Gasteiger partial charge < -0.3 is 10.1 Å². The highest BCUT2D eigenvalue weighted by Crippen LogP contribution is 2.50. The van der Waals surface area contributed by atoms with Gasteiger partial charge in [0.1, 0.15) is 17.7 Å². The lowest BCUT2D eigenvalue weighted by atomic mass is 9.84. The van der Waals surface area contributed by atoms with Gasteiger partial charge in [0.15, 0.2) is 0 Å². The summed E-state index contributed by atoms with van der Waals surface area (Å²) in [6.45, 7) is 5.14. The van der Waals surface area contributed by atoms with E-state index in [1.807, 2.05) is 36.4 Å². The zero-order valence-electron chi connectivity index (χ0n) is 20.7. The Balaban J connectivity index is 1.19. The van der Waals surface area contributed by atoms with Crippen LogP contribution in [0.15, 0.2) is 72.8 Å². The average Bonchev–Trinajstić information content (AvgIpc) is 2.98. The van der Waals surface area contributed by atoms with Crippen LogP contribution in [0.25, 0.3) is 11.1 Å². The lowest BCUT2D eigenvalue weighted by molar-refractivity contribution is -0.0250. The summed E-state index contributed by atoms with van der Waals surface area (Å²) in [5.41, 5.74) is 3.86. The van der Waals surface area contributed by atoms with Crippen LogP contribution in [-0.4, -0.2) is 35.0 Å². The van der Waals surface area contributed by atoms with Gasteiger partial charge >= 0.3 is 0 Å². The molecule has 5 heteroatoms. The molecule has 0 aliphatic carbocycles. The number of hydrogen-bond donors (Lipinski definition) is 1. The second kappa shape index (κ2) is 9.12. The molecule has 2 aliphatic rings. The third kappa shape index (κ3) is 4.83. The molecule has 3 aromatic rings. The zero-order valence-corrected chi connectivity index (χ0v) is 20.7. The minimum absolute atomic E-state index is 0.130. The molecule has 0 aromatic heterocycles. The molecule has 2 bridgehead atoms. The van der Waals surface area contributed by atoms with Crippen molar-refractivity contribution < 1.29 is 13.9 Å². The molecule has 1 N–H and O–H groups in total. The molecule has 3 atom stereocenters. The second-order valence-corrected chi connectivity index (χ2v) is 10.6. The molecule has 0 spiro atoms. The van der Waals surface area contributed by atoms with E-state index in [4.69, 9.17) is 4.74 Å². The average molecular weight is 473 g/mol. The van der Waals surface area contributed by atoms with Gasteiger partial charge in [0.25, 0.3) is 5.91 Å². The fourth-order valence-electron chi connectivity index (χ4n) is 5.80. The van der Waals surface area contributed by atoms with E-state index in [0.717, 1.165) is 35.3 Å². The molecule has 1 unspecified atom stereocenters. The van der Waals surface area contributed by atoms with Gasteiger partial charge in [-0.15, -0.1) is 0 Å². The predicted molar refractivity (Wildman–Crippen MR) is 137 cm³/mol. The van der Waals surface area contributed by atoms with Gasteiger partial charge in [0, 0.05) is 36.0 Å². The number of carbonyl (C=O) groups excluding carboxylic acids is 1. The highest BCUT2D eigenvalue weighted by molar-refractivity contribution is 5.94. The Labute approximate surface area is 207 Å². The number of benzene rings is 3. The van der Waals surface area contributed by atoms with E-state index in [9.17, 15) is 9.18 Å². The Morgan fingerprint density at radius 3 is 2.20 bits per heavy atom. The number of nitrogens with zero attached hydrogens (tertiary/aromatic N) is 1. The van der Waals surface area contributed by atoms with Crippen LogP contribution >= 0.6 is 0 Å². The van der Waals surface area contributed by atoms with Crippen molar-refractivity contribution in [1.29, 1.82) is 0 Å². The van der Waals surface area contributed by atoms with E-state index < -0.39 is 0 Å². The SMILES string of the molecule is CN1[C@@]2(C)CC[C@]1(C)CC(Oc1cccc(CNC(=O)c3ccc(-c4ccc(F)cc4)cc3)c1)C2. The molecule has 2 heterocycles. The van der Waals surface area contributed by atoms with Crippen LogP contribution < -0.4 is 10.1 Å². The molecule has 2 saturated heterocycles. The number of ether oxygens (including phenoxy) is 1. The molecule has 182 valence electrons. The molecule has 2 fully saturated rings. The molecule has 0 saturated carbocycles. The summed E-state index contributed by atoms with van der Waals surface area (Å²) in [6.07, 6.45) is 4.71. The van der Waals surface area contributed by atoms with Crippen molar-refractivity contribution in [2.24, 2.45) is 0 Å². The predicted octanol–water partition coefficient (Wildman–Crippen LogP) is 6.21. The van der Waals surface area contributed by atoms with Gasteiger partial charge in [-0.1, -0.05) is 36.4 Å². The minimum Gasteiger partial charge on any atom is -0.490 e. The monoisotopic (exact) mass is 472 g/mol. The second-order valence-electron chi connectivity index (χ2n) is 10.6. The van der Waals surface area contributed by atoms with Gasteiger partial charge in [-0.25, -0.2) is 4.39 Å². The van der Waals surface area contributed by atoms with Crippen molar-refractivity contribution in [1.82, 2.24) is 10.2 Å². The Morgan fingerprint density at radius 1 is 0.971 bits per heavy atom. The van der Waals surface area contributed by atoms with E-state index in [-0.39, 0.29) is 28.9 Å². The molecular formula is C30H33FN2O2. The number of amides is 1. The maximum absolute atomic E-state index is 13.2. The smallest absolute Gasteiger partial charge is 0.251 e. The third-order valence-electron chi connectivity index (χ3n) is 8.14. The van der Waals surface area contributed by atoms with Crippen LogP contribution in [-0.2, 0) is 6.54 Å². The summed E-state index contributed by atoms with van der Waals surface area (Å²) in [5.74, 6) is 0.470. The van der Waals surface area contributed by atoms with Gasteiger partial charge in [-0.3, -0.25) is 9.69 Å². The van der Waals surface area contributed by atoms with Crippen LogP contribution in [0.3, 0.4) is 0 Å². The standard InChI is InChI=1S/C30H33FN2O2/c1-29-15-16-30(2,33(29)3)19-27(18-29)35-26-6-4-5-21(17-26)20-32-28(34)24-9-7-22(8-10-24)23-11-13-25(31)14-12-23/h4-14,17,27H,15-16,18-20H2,1-3H3,(H,32,34)/t27?,29-,30+. The summed E-state index contributed by atoms with van der Waals surface area (Å²) in [6, 6.07) is 21.7. The molecule has 1 amide bonds.